The van der Waals surface area contributed by atoms with Crippen molar-refractivity contribution in [1.82, 2.24) is 5.32 Å². The van der Waals surface area contributed by atoms with Gasteiger partial charge in [-0.25, -0.2) is 0 Å². The zero-order valence-electron chi connectivity index (χ0n) is 16.8. The van der Waals surface area contributed by atoms with Crippen molar-refractivity contribution < 1.29 is 4.79 Å². The van der Waals surface area contributed by atoms with Gasteiger partial charge in [-0.2, -0.15) is 0 Å². The third kappa shape index (κ3) is 4.89. The molecule has 0 atom stereocenters. The Hall–Kier alpha value is -2.87. The Morgan fingerprint density at radius 1 is 0.786 bits per heavy atom. The molecular weight excluding hydrogens is 342 g/mol. The minimum Gasteiger partial charge on any atom is -0.355 e. The summed E-state index contributed by atoms with van der Waals surface area (Å²) in [7, 11) is 0. The highest BCUT2D eigenvalue weighted by molar-refractivity contribution is 5.76. The van der Waals surface area contributed by atoms with Crippen molar-refractivity contribution in [3.8, 4) is 0 Å². The summed E-state index contributed by atoms with van der Waals surface area (Å²) in [6, 6.07) is 29.4. The van der Waals surface area contributed by atoms with Crippen molar-refractivity contribution in [2.24, 2.45) is 0 Å². The summed E-state index contributed by atoms with van der Waals surface area (Å²) in [5, 5.41) is 3.17. The van der Waals surface area contributed by atoms with Crippen LogP contribution in [-0.2, 0) is 23.1 Å². The second-order valence-corrected chi connectivity index (χ2v) is 7.51. The van der Waals surface area contributed by atoms with Crippen molar-refractivity contribution >= 4 is 5.91 Å². The van der Waals surface area contributed by atoms with Gasteiger partial charge >= 0.3 is 0 Å². The lowest BCUT2D eigenvalue weighted by atomic mass is 9.76. The lowest BCUT2D eigenvalue weighted by Crippen LogP contribution is -2.39. The molecular formula is C26H29NO. The number of hydrogen-bond donors (Lipinski definition) is 1. The first-order valence-electron chi connectivity index (χ1n) is 10.1. The number of carbonyl (C=O) groups excluding carboxylic acids is 1. The maximum absolute atomic E-state index is 12.5. The van der Waals surface area contributed by atoms with Crippen LogP contribution in [0.4, 0.5) is 0 Å². The molecule has 28 heavy (non-hydrogen) atoms. The Labute approximate surface area is 168 Å². The van der Waals surface area contributed by atoms with E-state index in [2.05, 4.69) is 92.0 Å². The fourth-order valence-electron chi connectivity index (χ4n) is 3.55. The van der Waals surface area contributed by atoms with E-state index in [1.165, 1.54) is 22.3 Å². The van der Waals surface area contributed by atoms with E-state index < -0.39 is 0 Å². The summed E-state index contributed by atoms with van der Waals surface area (Å²) in [6.45, 7) is 4.93. The molecule has 0 aliphatic heterocycles. The highest BCUT2D eigenvalue weighted by Crippen LogP contribution is 2.31. The van der Waals surface area contributed by atoms with Gasteiger partial charge in [0.05, 0.1) is 0 Å². The van der Waals surface area contributed by atoms with Crippen molar-refractivity contribution in [2.45, 2.75) is 38.5 Å². The number of rotatable bonds is 8. The van der Waals surface area contributed by atoms with Crippen LogP contribution in [0.2, 0.25) is 0 Å². The average molecular weight is 372 g/mol. The van der Waals surface area contributed by atoms with Gasteiger partial charge in [-0.3, -0.25) is 4.79 Å². The third-order valence-corrected chi connectivity index (χ3v) is 5.53. The highest BCUT2D eigenvalue weighted by Gasteiger charge is 2.29. The topological polar surface area (TPSA) is 29.1 Å². The van der Waals surface area contributed by atoms with E-state index in [0.717, 1.165) is 12.8 Å². The third-order valence-electron chi connectivity index (χ3n) is 5.53. The zero-order chi connectivity index (χ0) is 19.8. The van der Waals surface area contributed by atoms with Crippen LogP contribution in [-0.4, -0.2) is 12.5 Å². The largest absolute Gasteiger partial charge is 0.355 e. The van der Waals surface area contributed by atoms with E-state index >= 15 is 0 Å². The standard InChI is InChI=1S/C26H29NO/c1-3-21-14-16-22(17-15-21)18-19-25(28)27-20-26(2,23-10-6-4-7-11-23)24-12-8-5-9-13-24/h4-17H,3,18-20H2,1-2H3,(H,27,28). The smallest absolute Gasteiger partial charge is 0.220 e. The number of benzene rings is 3. The number of nitrogens with one attached hydrogen (secondary N) is 1. The van der Waals surface area contributed by atoms with Crippen molar-refractivity contribution in [2.75, 3.05) is 6.54 Å². The molecule has 3 aromatic rings. The minimum atomic E-state index is -0.263. The lowest BCUT2D eigenvalue weighted by molar-refractivity contribution is -0.121. The first kappa shape index (κ1) is 19.9. The Morgan fingerprint density at radius 2 is 1.29 bits per heavy atom. The highest BCUT2D eigenvalue weighted by atomic mass is 16.1. The van der Waals surface area contributed by atoms with E-state index in [9.17, 15) is 4.79 Å². The lowest BCUT2D eigenvalue weighted by Gasteiger charge is -2.31. The maximum Gasteiger partial charge on any atom is 0.220 e. The molecule has 0 fully saturated rings. The molecule has 0 spiro atoms. The van der Waals surface area contributed by atoms with Crippen molar-refractivity contribution in [1.29, 1.82) is 0 Å². The molecule has 0 saturated carbocycles. The quantitative estimate of drug-likeness (QED) is 0.572. The van der Waals surface area contributed by atoms with E-state index in [1.807, 2.05) is 12.1 Å². The van der Waals surface area contributed by atoms with Crippen LogP contribution in [0.5, 0.6) is 0 Å². The summed E-state index contributed by atoms with van der Waals surface area (Å²) in [5.74, 6) is 0.0951. The molecule has 0 bridgehead atoms. The van der Waals surface area contributed by atoms with Gasteiger partial charge in [0.2, 0.25) is 5.91 Å². The molecule has 0 radical (unpaired) electrons. The van der Waals surface area contributed by atoms with E-state index in [4.69, 9.17) is 0 Å². The van der Waals surface area contributed by atoms with E-state index in [-0.39, 0.29) is 11.3 Å². The fraction of sp³-hybridized carbons (Fsp3) is 0.269. The Morgan fingerprint density at radius 3 is 1.79 bits per heavy atom. The molecule has 3 aromatic carbocycles. The summed E-state index contributed by atoms with van der Waals surface area (Å²) in [5.41, 5.74) is 4.69. The van der Waals surface area contributed by atoms with Crippen LogP contribution in [0, 0.1) is 0 Å². The first-order chi connectivity index (χ1) is 13.6. The van der Waals surface area contributed by atoms with Crippen LogP contribution in [0.25, 0.3) is 0 Å². The molecule has 144 valence electrons. The predicted molar refractivity (Wildman–Crippen MR) is 116 cm³/mol. The second kappa shape index (κ2) is 9.36. The second-order valence-electron chi connectivity index (χ2n) is 7.51. The molecule has 0 aliphatic rings. The number of carbonyl (C=O) groups is 1. The van der Waals surface area contributed by atoms with Gasteiger partial charge in [-0.15, -0.1) is 0 Å². The van der Waals surface area contributed by atoms with Crippen molar-refractivity contribution in [3.63, 3.8) is 0 Å². The monoisotopic (exact) mass is 371 g/mol. The molecule has 3 rings (SSSR count). The SMILES string of the molecule is CCc1ccc(CCC(=O)NCC(C)(c2ccccc2)c2ccccc2)cc1. The summed E-state index contributed by atoms with van der Waals surface area (Å²) in [6.07, 6.45) is 2.31. The molecule has 2 nitrogen and oxygen atoms in total. The normalized spacial score (nSPS) is 11.2. The molecule has 1 amide bonds. The van der Waals surface area contributed by atoms with E-state index in [0.29, 0.717) is 13.0 Å². The van der Waals surface area contributed by atoms with Crippen LogP contribution >= 0.6 is 0 Å². The number of hydrogen-bond acceptors (Lipinski definition) is 1. The molecule has 0 aliphatic carbocycles. The van der Waals surface area contributed by atoms with Crippen LogP contribution < -0.4 is 5.32 Å². The summed E-state index contributed by atoms with van der Waals surface area (Å²) in [4.78, 5) is 12.5. The minimum absolute atomic E-state index is 0.0951. The Balaban J connectivity index is 1.65. The van der Waals surface area contributed by atoms with E-state index in [1.54, 1.807) is 0 Å². The number of amides is 1. The van der Waals surface area contributed by atoms with Gasteiger partial charge in [-0.1, -0.05) is 91.9 Å². The van der Waals surface area contributed by atoms with Gasteiger partial charge in [0.15, 0.2) is 0 Å². The number of aryl methyl sites for hydroxylation is 2. The van der Waals surface area contributed by atoms with Gasteiger partial charge < -0.3 is 5.32 Å². The van der Waals surface area contributed by atoms with Crippen LogP contribution in [0.3, 0.4) is 0 Å². The maximum atomic E-state index is 12.5. The van der Waals surface area contributed by atoms with Gasteiger partial charge in [-0.05, 0) is 42.0 Å². The zero-order valence-corrected chi connectivity index (χ0v) is 16.8. The molecule has 0 saturated heterocycles. The molecule has 2 heteroatoms. The molecule has 0 aromatic heterocycles. The van der Waals surface area contributed by atoms with Crippen LogP contribution in [0.1, 0.15) is 42.5 Å². The van der Waals surface area contributed by atoms with Gasteiger partial charge in [0, 0.05) is 18.4 Å². The molecule has 0 heterocycles. The van der Waals surface area contributed by atoms with Gasteiger partial charge in [0.25, 0.3) is 0 Å². The fourth-order valence-corrected chi connectivity index (χ4v) is 3.55. The van der Waals surface area contributed by atoms with Gasteiger partial charge in [0.1, 0.15) is 0 Å². The van der Waals surface area contributed by atoms with Crippen LogP contribution in [0.15, 0.2) is 84.9 Å². The first-order valence-corrected chi connectivity index (χ1v) is 10.1. The summed E-state index contributed by atoms with van der Waals surface area (Å²) >= 11 is 0. The Kier molecular flexibility index (Phi) is 6.65. The average Bonchev–Trinajstić information content (AvgIpc) is 2.77. The molecule has 1 N–H and O–H groups in total. The Bertz CT molecular complexity index is 830. The van der Waals surface area contributed by atoms with Crippen molar-refractivity contribution in [3.05, 3.63) is 107 Å². The molecule has 0 unspecified atom stereocenters. The predicted octanol–water partition coefficient (Wildman–Crippen LogP) is 5.30. The summed E-state index contributed by atoms with van der Waals surface area (Å²) < 4.78 is 0.